The zero-order valence-electron chi connectivity index (χ0n) is 16.6. The highest BCUT2D eigenvalue weighted by molar-refractivity contribution is 7.99. The molecule has 0 radical (unpaired) electrons. The fourth-order valence-electron chi connectivity index (χ4n) is 3.81. The molecule has 31 heavy (non-hydrogen) atoms. The van der Waals surface area contributed by atoms with Crippen LogP contribution in [0, 0.1) is 12.7 Å². The Kier molecular flexibility index (Phi) is 5.96. The molecule has 0 saturated carbocycles. The molecule has 2 N–H and O–H groups in total. The van der Waals surface area contributed by atoms with E-state index in [0.29, 0.717) is 28.9 Å². The predicted molar refractivity (Wildman–Crippen MR) is 116 cm³/mol. The van der Waals surface area contributed by atoms with Gasteiger partial charge in [0.1, 0.15) is 6.54 Å². The number of hydrogen-bond donors (Lipinski definition) is 2. The molecule has 2 aromatic carbocycles. The largest absolute Gasteiger partial charge is 0.478 e. The summed E-state index contributed by atoms with van der Waals surface area (Å²) in [6.45, 7) is 2.44. The maximum Gasteiger partial charge on any atom is 0.335 e. The van der Waals surface area contributed by atoms with Crippen molar-refractivity contribution in [2.24, 2.45) is 0 Å². The van der Waals surface area contributed by atoms with E-state index in [2.05, 4.69) is 0 Å². The van der Waals surface area contributed by atoms with Crippen LogP contribution in [0.1, 0.15) is 22.5 Å². The van der Waals surface area contributed by atoms with Crippen molar-refractivity contribution in [3.05, 3.63) is 58.5 Å². The number of β-amino-alcohol motifs (C(OH)–C–C–N with tert-alkyl or cyclic N) is 1. The van der Waals surface area contributed by atoms with Gasteiger partial charge in [0.15, 0.2) is 5.82 Å². The number of carbonyl (C=O) groups excluding carboxylic acids is 1. The molecule has 1 unspecified atom stereocenters. The summed E-state index contributed by atoms with van der Waals surface area (Å²) < 4.78 is 16.6. The first-order chi connectivity index (χ1) is 14.8. The van der Waals surface area contributed by atoms with Crippen LogP contribution in [0.2, 0.25) is 5.02 Å². The molecule has 162 valence electrons. The van der Waals surface area contributed by atoms with Gasteiger partial charge >= 0.3 is 5.97 Å². The van der Waals surface area contributed by atoms with E-state index in [1.54, 1.807) is 40.7 Å². The van der Waals surface area contributed by atoms with Gasteiger partial charge in [0.2, 0.25) is 5.91 Å². The summed E-state index contributed by atoms with van der Waals surface area (Å²) in [6.07, 6.45) is -0.0106. The van der Waals surface area contributed by atoms with Gasteiger partial charge in [-0.2, -0.15) is 0 Å². The summed E-state index contributed by atoms with van der Waals surface area (Å²) in [5.74, 6) is -1.85. The number of carboxylic acids is 1. The van der Waals surface area contributed by atoms with Crippen LogP contribution in [0.3, 0.4) is 0 Å². The van der Waals surface area contributed by atoms with Crippen molar-refractivity contribution in [1.29, 1.82) is 0 Å². The molecule has 1 aliphatic rings. The zero-order valence-corrected chi connectivity index (χ0v) is 18.2. The molecule has 9 heteroatoms. The summed E-state index contributed by atoms with van der Waals surface area (Å²) in [7, 11) is 0. The van der Waals surface area contributed by atoms with Gasteiger partial charge in [-0.25, -0.2) is 9.18 Å². The third kappa shape index (κ3) is 4.15. The molecule has 2 heterocycles. The Bertz CT molecular complexity index is 1200. The van der Waals surface area contributed by atoms with E-state index in [1.165, 1.54) is 23.9 Å². The molecule has 0 spiro atoms. The lowest BCUT2D eigenvalue weighted by atomic mass is 10.2. The fraction of sp³-hybridized carbons (Fsp3) is 0.273. The quantitative estimate of drug-likeness (QED) is 0.594. The minimum Gasteiger partial charge on any atom is -0.478 e. The van der Waals surface area contributed by atoms with Gasteiger partial charge in [0.25, 0.3) is 0 Å². The van der Waals surface area contributed by atoms with Crippen LogP contribution < -0.4 is 0 Å². The minimum absolute atomic E-state index is 0.0419. The first-order valence-electron chi connectivity index (χ1n) is 9.70. The second-order valence-corrected chi connectivity index (χ2v) is 8.97. The van der Waals surface area contributed by atoms with Crippen LogP contribution in [-0.4, -0.2) is 50.8 Å². The number of aliphatic hydroxyl groups excluding tert-OH is 1. The van der Waals surface area contributed by atoms with Crippen LogP contribution in [0.25, 0.3) is 10.9 Å². The van der Waals surface area contributed by atoms with E-state index in [9.17, 15) is 19.8 Å². The fourth-order valence-corrected chi connectivity index (χ4v) is 5.07. The van der Waals surface area contributed by atoms with E-state index in [-0.39, 0.29) is 35.1 Å². The SMILES string of the molecule is Cc1c(Sc2cccc(C(=O)O)c2)c2ccc(Cl)c(F)c2n1CC(=O)N1CCC(O)C1. The number of nitrogens with zero attached hydrogens (tertiary/aromatic N) is 2. The number of amides is 1. The van der Waals surface area contributed by atoms with Gasteiger partial charge in [-0.1, -0.05) is 29.4 Å². The zero-order chi connectivity index (χ0) is 22.3. The standard InChI is InChI=1S/C22H20ClFN2O4S/c1-12-21(31-15-4-2-3-13(9-15)22(29)30)16-5-6-17(23)19(24)20(16)26(12)11-18(28)25-8-7-14(27)10-25/h2-6,9,14,27H,7-8,10-11H2,1H3,(H,29,30). The maximum atomic E-state index is 15.0. The first kappa shape index (κ1) is 21.7. The highest BCUT2D eigenvalue weighted by Crippen LogP contribution is 2.40. The molecule has 1 fully saturated rings. The molecule has 1 aromatic heterocycles. The summed E-state index contributed by atoms with van der Waals surface area (Å²) in [5, 5.41) is 19.5. The number of halogens is 2. The average molecular weight is 463 g/mol. The van der Waals surface area contributed by atoms with E-state index in [4.69, 9.17) is 11.6 Å². The second-order valence-electron chi connectivity index (χ2n) is 7.48. The molecule has 1 aliphatic heterocycles. The third-order valence-corrected chi connectivity index (χ3v) is 6.93. The van der Waals surface area contributed by atoms with Crippen molar-refractivity contribution in [2.75, 3.05) is 13.1 Å². The number of aliphatic hydroxyl groups is 1. The van der Waals surface area contributed by atoms with Gasteiger partial charge < -0.3 is 19.7 Å². The average Bonchev–Trinajstić information content (AvgIpc) is 3.28. The summed E-state index contributed by atoms with van der Waals surface area (Å²) in [5.41, 5.74) is 1.06. The van der Waals surface area contributed by atoms with Crippen molar-refractivity contribution >= 4 is 46.1 Å². The lowest BCUT2D eigenvalue weighted by molar-refractivity contribution is -0.131. The molecular formula is C22H20ClFN2O4S. The van der Waals surface area contributed by atoms with Crippen molar-refractivity contribution in [3.8, 4) is 0 Å². The first-order valence-corrected chi connectivity index (χ1v) is 10.9. The lowest BCUT2D eigenvalue weighted by Gasteiger charge is -2.17. The van der Waals surface area contributed by atoms with E-state index < -0.39 is 17.9 Å². The van der Waals surface area contributed by atoms with Crippen molar-refractivity contribution < 1.29 is 24.2 Å². The van der Waals surface area contributed by atoms with E-state index in [1.807, 2.05) is 0 Å². The molecule has 3 aromatic rings. The smallest absolute Gasteiger partial charge is 0.335 e. The van der Waals surface area contributed by atoms with Crippen LogP contribution in [0.5, 0.6) is 0 Å². The van der Waals surface area contributed by atoms with E-state index in [0.717, 1.165) is 4.90 Å². The molecule has 1 saturated heterocycles. The Morgan fingerprint density at radius 1 is 1.29 bits per heavy atom. The van der Waals surface area contributed by atoms with Crippen molar-refractivity contribution in [3.63, 3.8) is 0 Å². The normalized spacial score (nSPS) is 16.3. The Morgan fingerprint density at radius 2 is 2.06 bits per heavy atom. The molecule has 1 atom stereocenters. The van der Waals surface area contributed by atoms with Crippen LogP contribution in [0.4, 0.5) is 4.39 Å². The Labute approximate surface area is 187 Å². The van der Waals surface area contributed by atoms with Gasteiger partial charge in [0.05, 0.1) is 22.2 Å². The highest BCUT2D eigenvalue weighted by Gasteiger charge is 2.27. The van der Waals surface area contributed by atoms with Gasteiger partial charge in [-0.3, -0.25) is 4.79 Å². The van der Waals surface area contributed by atoms with Crippen molar-refractivity contribution in [2.45, 2.75) is 35.8 Å². The number of likely N-dealkylation sites (tertiary alicyclic amines) is 1. The number of aromatic carboxylic acids is 1. The highest BCUT2D eigenvalue weighted by atomic mass is 35.5. The predicted octanol–water partition coefficient (Wildman–Crippen LogP) is 4.18. The Morgan fingerprint density at radius 3 is 2.74 bits per heavy atom. The number of fused-ring (bicyclic) bond motifs is 1. The van der Waals surface area contributed by atoms with Gasteiger partial charge in [-0.15, -0.1) is 0 Å². The number of carboxylic acid groups (broad SMARTS) is 1. The maximum absolute atomic E-state index is 15.0. The molecular weight excluding hydrogens is 443 g/mol. The van der Waals surface area contributed by atoms with Crippen LogP contribution in [-0.2, 0) is 11.3 Å². The number of aromatic nitrogens is 1. The van der Waals surface area contributed by atoms with Crippen LogP contribution in [0.15, 0.2) is 46.2 Å². The Balaban J connectivity index is 1.77. The Hall–Kier alpha value is -2.55. The number of benzene rings is 2. The summed E-state index contributed by atoms with van der Waals surface area (Å²) in [4.78, 5) is 27.1. The summed E-state index contributed by atoms with van der Waals surface area (Å²) >= 11 is 7.34. The number of hydrogen-bond acceptors (Lipinski definition) is 4. The number of carbonyl (C=O) groups is 2. The monoisotopic (exact) mass is 462 g/mol. The molecule has 6 nitrogen and oxygen atoms in total. The lowest BCUT2D eigenvalue weighted by Crippen LogP contribution is -2.32. The van der Waals surface area contributed by atoms with Crippen molar-refractivity contribution in [1.82, 2.24) is 9.47 Å². The summed E-state index contributed by atoms with van der Waals surface area (Å²) in [6, 6.07) is 9.67. The topological polar surface area (TPSA) is 82.8 Å². The molecule has 0 bridgehead atoms. The minimum atomic E-state index is -1.03. The molecule has 4 rings (SSSR count). The van der Waals surface area contributed by atoms with E-state index >= 15 is 4.39 Å². The molecule has 0 aliphatic carbocycles. The molecule has 1 amide bonds. The third-order valence-electron chi connectivity index (χ3n) is 5.43. The van der Waals surface area contributed by atoms with Gasteiger partial charge in [-0.05, 0) is 43.7 Å². The second kappa shape index (κ2) is 8.53. The van der Waals surface area contributed by atoms with Gasteiger partial charge in [0, 0.05) is 34.0 Å². The van der Waals surface area contributed by atoms with Crippen LogP contribution >= 0.6 is 23.4 Å². The number of rotatable bonds is 5.